The Balaban J connectivity index is 2.09. The molecule has 0 unspecified atom stereocenters. The molecule has 0 aliphatic heterocycles. The summed E-state index contributed by atoms with van der Waals surface area (Å²) in [6.45, 7) is -0.494. The summed E-state index contributed by atoms with van der Waals surface area (Å²) in [5.74, 6) is -0.752. The molecule has 0 fully saturated rings. The fourth-order valence-corrected chi connectivity index (χ4v) is 1.72. The minimum Gasteiger partial charge on any atom is -0.482 e. The molecule has 0 saturated heterocycles. The molecule has 0 aliphatic carbocycles. The number of rotatable bonds is 5. The van der Waals surface area contributed by atoms with Gasteiger partial charge in [0.05, 0.1) is 5.56 Å². The second-order valence-electron chi connectivity index (χ2n) is 4.26. The van der Waals surface area contributed by atoms with Crippen LogP contribution in [-0.4, -0.2) is 22.7 Å². The molecule has 5 nitrogen and oxygen atoms in total. The van der Waals surface area contributed by atoms with Crippen LogP contribution in [0.2, 0.25) is 5.02 Å². The van der Waals surface area contributed by atoms with Gasteiger partial charge in [-0.15, -0.1) is 0 Å². The van der Waals surface area contributed by atoms with Crippen molar-refractivity contribution in [2.75, 3.05) is 6.61 Å². The van der Waals surface area contributed by atoms with E-state index >= 15 is 0 Å². The molecule has 0 radical (unpaired) electrons. The number of pyridine rings is 1. The maximum absolute atomic E-state index is 12.5. The zero-order valence-electron chi connectivity index (χ0n) is 11.3. The summed E-state index contributed by atoms with van der Waals surface area (Å²) in [5.41, 5.74) is -0.979. The van der Waals surface area contributed by atoms with Crippen LogP contribution < -0.4 is 9.47 Å². The average molecular weight is 348 g/mol. The highest BCUT2D eigenvalue weighted by Gasteiger charge is 2.31. The predicted molar refractivity (Wildman–Crippen MR) is 73.9 cm³/mol. The lowest BCUT2D eigenvalue weighted by atomic mass is 10.3. The van der Waals surface area contributed by atoms with Crippen molar-refractivity contribution in [3.63, 3.8) is 0 Å². The van der Waals surface area contributed by atoms with Gasteiger partial charge in [-0.25, -0.2) is 9.78 Å². The van der Waals surface area contributed by atoms with E-state index in [-0.39, 0.29) is 16.7 Å². The Labute approximate surface area is 133 Å². The van der Waals surface area contributed by atoms with Crippen LogP contribution in [0.5, 0.6) is 17.4 Å². The molecule has 2 rings (SSSR count). The van der Waals surface area contributed by atoms with E-state index in [1.165, 1.54) is 24.3 Å². The lowest BCUT2D eigenvalue weighted by Gasteiger charge is -2.10. The standard InChI is InChI=1S/C14H9ClF3NO4/c15-11-5-8(14(16,17)18)6-19-13(11)23-10-3-1-9(2-4-10)22-7-12(20)21/h1-6H,7H2,(H,20,21). The molecule has 122 valence electrons. The summed E-state index contributed by atoms with van der Waals surface area (Å²) >= 11 is 5.72. The Morgan fingerprint density at radius 2 is 1.83 bits per heavy atom. The van der Waals surface area contributed by atoms with Crippen molar-refractivity contribution < 1.29 is 32.5 Å². The Morgan fingerprint density at radius 1 is 1.22 bits per heavy atom. The maximum Gasteiger partial charge on any atom is 0.417 e. The van der Waals surface area contributed by atoms with E-state index in [0.29, 0.717) is 18.0 Å². The third-order valence-corrected chi connectivity index (χ3v) is 2.81. The smallest absolute Gasteiger partial charge is 0.417 e. The number of ether oxygens (including phenoxy) is 2. The van der Waals surface area contributed by atoms with Gasteiger partial charge >= 0.3 is 12.1 Å². The van der Waals surface area contributed by atoms with Crippen LogP contribution >= 0.6 is 11.6 Å². The van der Waals surface area contributed by atoms with E-state index in [9.17, 15) is 18.0 Å². The summed E-state index contributed by atoms with van der Waals surface area (Å²) < 4.78 is 47.7. The number of aromatic nitrogens is 1. The first kappa shape index (κ1) is 16.9. The third-order valence-electron chi connectivity index (χ3n) is 2.54. The second kappa shape index (κ2) is 6.74. The van der Waals surface area contributed by atoms with E-state index in [1.807, 2.05) is 0 Å². The first-order valence-corrected chi connectivity index (χ1v) is 6.49. The van der Waals surface area contributed by atoms with Gasteiger partial charge < -0.3 is 14.6 Å². The van der Waals surface area contributed by atoms with E-state index in [1.54, 1.807) is 0 Å². The molecule has 1 aromatic heterocycles. The summed E-state index contributed by atoms with van der Waals surface area (Å²) in [7, 11) is 0. The van der Waals surface area contributed by atoms with Gasteiger partial charge in [-0.05, 0) is 30.3 Å². The van der Waals surface area contributed by atoms with E-state index in [4.69, 9.17) is 26.2 Å². The van der Waals surface area contributed by atoms with Gasteiger partial charge in [0, 0.05) is 6.20 Å². The molecule has 9 heteroatoms. The zero-order chi connectivity index (χ0) is 17.0. The second-order valence-corrected chi connectivity index (χ2v) is 4.67. The molecule has 23 heavy (non-hydrogen) atoms. The average Bonchev–Trinajstić information content (AvgIpc) is 2.47. The summed E-state index contributed by atoms with van der Waals surface area (Å²) in [4.78, 5) is 13.9. The van der Waals surface area contributed by atoms with Crippen molar-refractivity contribution in [1.29, 1.82) is 0 Å². The zero-order valence-corrected chi connectivity index (χ0v) is 12.1. The van der Waals surface area contributed by atoms with Gasteiger partial charge in [0.25, 0.3) is 0 Å². The number of halogens is 4. The van der Waals surface area contributed by atoms with E-state index in [2.05, 4.69) is 4.98 Å². The minimum absolute atomic E-state index is 0.182. The lowest BCUT2D eigenvalue weighted by Crippen LogP contribution is -2.09. The van der Waals surface area contributed by atoms with Crippen LogP contribution in [0, 0.1) is 0 Å². The fraction of sp³-hybridized carbons (Fsp3) is 0.143. The van der Waals surface area contributed by atoms with Crippen LogP contribution in [-0.2, 0) is 11.0 Å². The highest BCUT2D eigenvalue weighted by molar-refractivity contribution is 6.31. The Morgan fingerprint density at radius 3 is 2.35 bits per heavy atom. The molecule has 0 amide bonds. The van der Waals surface area contributed by atoms with Crippen molar-refractivity contribution in [3.8, 4) is 17.4 Å². The molecule has 1 N–H and O–H groups in total. The summed E-state index contributed by atoms with van der Waals surface area (Å²) in [6.07, 6.45) is -3.93. The van der Waals surface area contributed by atoms with Gasteiger partial charge in [-0.3, -0.25) is 0 Å². The van der Waals surface area contributed by atoms with Crippen LogP contribution in [0.25, 0.3) is 0 Å². The van der Waals surface area contributed by atoms with Crippen molar-refractivity contribution >= 4 is 17.6 Å². The van der Waals surface area contributed by atoms with E-state index in [0.717, 1.165) is 0 Å². The number of carboxylic acid groups (broad SMARTS) is 1. The van der Waals surface area contributed by atoms with Crippen LogP contribution in [0.3, 0.4) is 0 Å². The molecule has 2 aromatic rings. The number of alkyl halides is 3. The molecule has 0 spiro atoms. The molecular formula is C14H9ClF3NO4. The number of nitrogens with zero attached hydrogens (tertiary/aromatic N) is 1. The topological polar surface area (TPSA) is 68.7 Å². The van der Waals surface area contributed by atoms with Crippen molar-refractivity contribution in [3.05, 3.63) is 47.1 Å². The SMILES string of the molecule is O=C(O)COc1ccc(Oc2ncc(C(F)(F)F)cc2Cl)cc1. The number of aliphatic carboxylic acids is 1. The van der Waals surface area contributed by atoms with Crippen LogP contribution in [0.1, 0.15) is 5.56 Å². The van der Waals surface area contributed by atoms with Gasteiger partial charge in [0.2, 0.25) is 5.88 Å². The van der Waals surface area contributed by atoms with Crippen molar-refractivity contribution in [1.82, 2.24) is 4.98 Å². The maximum atomic E-state index is 12.5. The number of hydrogen-bond acceptors (Lipinski definition) is 4. The first-order chi connectivity index (χ1) is 10.8. The van der Waals surface area contributed by atoms with Crippen LogP contribution in [0.4, 0.5) is 13.2 Å². The summed E-state index contributed by atoms with van der Waals surface area (Å²) in [6, 6.07) is 6.47. The fourth-order valence-electron chi connectivity index (χ4n) is 1.52. The molecule has 0 aliphatic rings. The molecule has 1 heterocycles. The Kier molecular flexibility index (Phi) is 4.95. The quantitative estimate of drug-likeness (QED) is 0.885. The largest absolute Gasteiger partial charge is 0.482 e. The number of carbonyl (C=O) groups is 1. The normalized spacial score (nSPS) is 11.1. The van der Waals surface area contributed by atoms with Gasteiger partial charge in [0.15, 0.2) is 6.61 Å². The Hall–Kier alpha value is -2.48. The summed E-state index contributed by atoms with van der Waals surface area (Å²) in [5, 5.41) is 8.20. The van der Waals surface area contributed by atoms with Gasteiger partial charge in [-0.1, -0.05) is 11.6 Å². The van der Waals surface area contributed by atoms with Gasteiger partial charge in [-0.2, -0.15) is 13.2 Å². The molecule has 1 aromatic carbocycles. The number of hydrogen-bond donors (Lipinski definition) is 1. The molecule has 0 saturated carbocycles. The lowest BCUT2D eigenvalue weighted by molar-refractivity contribution is -0.139. The molecule has 0 atom stereocenters. The van der Waals surface area contributed by atoms with Gasteiger partial charge in [0.1, 0.15) is 16.5 Å². The predicted octanol–water partition coefficient (Wildman–Crippen LogP) is 4.01. The molecule has 0 bridgehead atoms. The van der Waals surface area contributed by atoms with Crippen LogP contribution in [0.15, 0.2) is 36.5 Å². The third kappa shape index (κ3) is 4.75. The van der Waals surface area contributed by atoms with E-state index < -0.39 is 24.3 Å². The first-order valence-electron chi connectivity index (χ1n) is 6.11. The highest BCUT2D eigenvalue weighted by atomic mass is 35.5. The number of benzene rings is 1. The Bertz CT molecular complexity index is 704. The van der Waals surface area contributed by atoms with Crippen molar-refractivity contribution in [2.45, 2.75) is 6.18 Å². The highest BCUT2D eigenvalue weighted by Crippen LogP contribution is 2.34. The minimum atomic E-state index is -4.54. The molecular weight excluding hydrogens is 339 g/mol. The monoisotopic (exact) mass is 347 g/mol. The van der Waals surface area contributed by atoms with Crippen molar-refractivity contribution in [2.24, 2.45) is 0 Å². The number of carboxylic acids is 1.